The van der Waals surface area contributed by atoms with Crippen LogP contribution in [0.15, 0.2) is 303 Å². The fourth-order valence-corrected chi connectivity index (χ4v) is 17.2. The highest BCUT2D eigenvalue weighted by Gasteiger charge is 2.42. The highest BCUT2D eigenvalue weighted by molar-refractivity contribution is 7.19. The van der Waals surface area contributed by atoms with Crippen molar-refractivity contribution >= 4 is 67.6 Å². The van der Waals surface area contributed by atoms with E-state index in [0.29, 0.717) is 0 Å². The van der Waals surface area contributed by atoms with Gasteiger partial charge in [-0.3, -0.25) is 0 Å². The molecule has 0 saturated carbocycles. The first-order valence-electron chi connectivity index (χ1n) is 26.2. The molecule has 0 fully saturated rings. The van der Waals surface area contributed by atoms with Crippen molar-refractivity contribution in [1.82, 2.24) is 4.57 Å². The minimum atomic E-state index is -2.70. The number of hydrogen-bond acceptors (Lipinski definition) is 1. The molecule has 0 saturated heterocycles. The molecule has 1 atom stereocenters. The maximum Gasteiger partial charge on any atom is 0.179 e. The lowest BCUT2D eigenvalue weighted by atomic mass is 9.84. The lowest BCUT2D eigenvalue weighted by Crippen LogP contribution is -2.74. The lowest BCUT2D eigenvalue weighted by molar-refractivity contribution is 0.832. The quantitative estimate of drug-likeness (QED) is 0.0979. The summed E-state index contributed by atoms with van der Waals surface area (Å²) < 4.78 is 2.41. The highest BCUT2D eigenvalue weighted by Crippen LogP contribution is 2.53. The van der Waals surface area contributed by atoms with Gasteiger partial charge in [0.25, 0.3) is 0 Å². The number of para-hydroxylation sites is 2. The summed E-state index contributed by atoms with van der Waals surface area (Å²) in [6.07, 6.45) is 5.67. The molecule has 11 aromatic carbocycles. The third-order valence-electron chi connectivity index (χ3n) is 15.9. The Labute approximate surface area is 440 Å². The van der Waals surface area contributed by atoms with Gasteiger partial charge in [-0.05, 0) is 132 Å². The predicted molar refractivity (Wildman–Crippen MR) is 319 cm³/mol. The molecule has 1 unspecified atom stereocenters. The highest BCUT2D eigenvalue weighted by atomic mass is 28.3. The van der Waals surface area contributed by atoms with Crippen molar-refractivity contribution in [3.05, 3.63) is 314 Å². The van der Waals surface area contributed by atoms with Gasteiger partial charge in [-0.25, -0.2) is 0 Å². The Morgan fingerprint density at radius 2 is 0.800 bits per heavy atom. The second-order valence-electron chi connectivity index (χ2n) is 20.0. The van der Waals surface area contributed by atoms with Crippen LogP contribution in [0.4, 0.5) is 11.4 Å². The number of benzene rings is 11. The Bertz CT molecular complexity index is 4040. The van der Waals surface area contributed by atoms with E-state index in [2.05, 4.69) is 307 Å². The molecule has 1 aliphatic carbocycles. The van der Waals surface area contributed by atoms with Gasteiger partial charge >= 0.3 is 0 Å². The summed E-state index contributed by atoms with van der Waals surface area (Å²) in [7, 11) is -2.70. The van der Waals surface area contributed by atoms with Crippen LogP contribution in [0.5, 0.6) is 0 Å². The van der Waals surface area contributed by atoms with Gasteiger partial charge in [0.1, 0.15) is 0 Å². The molecule has 354 valence electrons. The molecule has 3 heteroatoms. The molecule has 2 heterocycles. The zero-order valence-corrected chi connectivity index (χ0v) is 42.5. The van der Waals surface area contributed by atoms with Crippen LogP contribution in [0.1, 0.15) is 23.5 Å². The van der Waals surface area contributed by atoms with Crippen molar-refractivity contribution in [2.75, 3.05) is 4.90 Å². The summed E-state index contributed by atoms with van der Waals surface area (Å²) in [6.45, 7) is 0. The molecule has 0 bridgehead atoms. The summed E-state index contributed by atoms with van der Waals surface area (Å²) in [4.78, 5) is 2.51. The van der Waals surface area contributed by atoms with Gasteiger partial charge < -0.3 is 9.47 Å². The molecular weight excluding hydrogens is 921 g/mol. The summed E-state index contributed by atoms with van der Waals surface area (Å²) in [5.74, 6) is 0.246. The third kappa shape index (κ3) is 7.62. The van der Waals surface area contributed by atoms with E-state index >= 15 is 0 Å². The average molecular weight is 973 g/mol. The molecular formula is C72H52N2Si. The smallest absolute Gasteiger partial charge is 0.179 e. The first kappa shape index (κ1) is 44.4. The summed E-state index contributed by atoms with van der Waals surface area (Å²) in [5, 5.41) is 8.01. The van der Waals surface area contributed by atoms with Crippen LogP contribution in [0.2, 0.25) is 0 Å². The predicted octanol–water partition coefficient (Wildman–Crippen LogP) is 15.8. The van der Waals surface area contributed by atoms with Gasteiger partial charge in [0.15, 0.2) is 8.07 Å². The van der Waals surface area contributed by atoms with Crippen LogP contribution in [-0.2, 0) is 0 Å². The minimum Gasteiger partial charge on any atom is -0.313 e. The molecule has 75 heavy (non-hydrogen) atoms. The van der Waals surface area contributed by atoms with Gasteiger partial charge in [0.2, 0.25) is 0 Å². The molecule has 0 amide bonds. The van der Waals surface area contributed by atoms with E-state index in [9.17, 15) is 0 Å². The Morgan fingerprint density at radius 1 is 0.320 bits per heavy atom. The molecule has 1 aliphatic heterocycles. The molecule has 2 aliphatic rings. The van der Waals surface area contributed by atoms with Crippen LogP contribution in [0.25, 0.3) is 66.4 Å². The minimum absolute atomic E-state index is 0.246. The average Bonchev–Trinajstić information content (AvgIpc) is 4.03. The van der Waals surface area contributed by atoms with Crippen molar-refractivity contribution in [2.24, 2.45) is 0 Å². The number of aromatic nitrogens is 1. The van der Waals surface area contributed by atoms with Crippen molar-refractivity contribution in [2.45, 2.75) is 12.3 Å². The van der Waals surface area contributed by atoms with Gasteiger partial charge in [-0.1, -0.05) is 243 Å². The molecule has 14 rings (SSSR count). The Balaban J connectivity index is 0.785. The zero-order chi connectivity index (χ0) is 49.7. The van der Waals surface area contributed by atoms with Crippen LogP contribution in [0.3, 0.4) is 0 Å². The normalized spacial score (nSPS) is 14.1. The second-order valence-corrected chi connectivity index (χ2v) is 23.8. The first-order valence-corrected chi connectivity index (χ1v) is 28.2. The largest absolute Gasteiger partial charge is 0.313 e. The van der Waals surface area contributed by atoms with Gasteiger partial charge in [0, 0.05) is 39.4 Å². The number of anilines is 2. The second kappa shape index (κ2) is 18.6. The zero-order valence-electron chi connectivity index (χ0n) is 41.5. The topological polar surface area (TPSA) is 8.17 Å². The first-order chi connectivity index (χ1) is 37.2. The molecule has 1 aromatic heterocycles. The standard InChI is InChI=1S/C72H52N2Si/c1-5-20-51(21-6-1)54-22-17-25-59(46-54)73-69-36-15-13-34-65(69)67-49-57(42-44-71(67)73)52-38-40-53(41-39-52)58-43-45-72-68(50-58)66-35-14-16-37-70(66)74(72)60-26-18-23-55(47-60)56-24-19-33-64(48-56)75(61-27-7-2-8-28-61,62-29-9-3-10-30-62)63-31-11-4-12-32-63/h1-49,68H,50H2. The van der Waals surface area contributed by atoms with Crippen LogP contribution < -0.4 is 25.6 Å². The number of fused-ring (bicyclic) bond motifs is 6. The summed E-state index contributed by atoms with van der Waals surface area (Å²) in [5.41, 5.74) is 18.6. The van der Waals surface area contributed by atoms with E-state index in [1.807, 2.05) is 0 Å². The number of nitrogens with zero attached hydrogens (tertiary/aromatic N) is 2. The van der Waals surface area contributed by atoms with Crippen molar-refractivity contribution in [3.8, 4) is 39.1 Å². The maximum atomic E-state index is 2.51. The summed E-state index contributed by atoms with van der Waals surface area (Å²) in [6, 6.07) is 106. The van der Waals surface area contributed by atoms with Crippen LogP contribution in [0, 0.1) is 0 Å². The van der Waals surface area contributed by atoms with E-state index in [1.165, 1.54) is 110 Å². The lowest BCUT2D eigenvalue weighted by Gasteiger charge is -2.34. The van der Waals surface area contributed by atoms with Crippen LogP contribution >= 0.6 is 0 Å². The van der Waals surface area contributed by atoms with E-state index in [1.54, 1.807) is 0 Å². The number of hydrogen-bond donors (Lipinski definition) is 0. The number of rotatable bonds is 10. The Kier molecular flexibility index (Phi) is 11.0. The fourth-order valence-electron chi connectivity index (χ4n) is 12.4. The van der Waals surface area contributed by atoms with E-state index in [0.717, 1.165) is 12.1 Å². The van der Waals surface area contributed by atoms with Crippen LogP contribution in [-0.4, -0.2) is 12.6 Å². The number of allylic oxidation sites excluding steroid dienone is 4. The molecule has 0 spiro atoms. The van der Waals surface area contributed by atoms with Crippen molar-refractivity contribution in [3.63, 3.8) is 0 Å². The monoisotopic (exact) mass is 972 g/mol. The van der Waals surface area contributed by atoms with Crippen molar-refractivity contribution < 1.29 is 0 Å². The van der Waals surface area contributed by atoms with E-state index in [-0.39, 0.29) is 5.92 Å². The molecule has 2 nitrogen and oxygen atoms in total. The fraction of sp³-hybridized carbons (Fsp3) is 0.0278. The van der Waals surface area contributed by atoms with E-state index in [4.69, 9.17) is 0 Å². The maximum absolute atomic E-state index is 2.70. The molecule has 0 radical (unpaired) electrons. The van der Waals surface area contributed by atoms with E-state index < -0.39 is 8.07 Å². The van der Waals surface area contributed by atoms with Crippen molar-refractivity contribution in [1.29, 1.82) is 0 Å². The molecule has 0 N–H and O–H groups in total. The SMILES string of the molecule is C1=C(c2ccc(-c3ccc4c(c3)c3ccccc3n4-c3cccc(-c4ccccc4)c3)cc2)CC2C(=C1)N(c1cccc(-c3cccc([Si](c4ccccc4)(c4ccccc4)c4ccccc4)c3)c1)c1ccccc12. The summed E-state index contributed by atoms with van der Waals surface area (Å²) >= 11 is 0. The molecule has 12 aromatic rings. The Hall–Kier alpha value is -9.28. The van der Waals surface area contributed by atoms with Gasteiger partial charge in [0.05, 0.1) is 11.0 Å². The van der Waals surface area contributed by atoms with Gasteiger partial charge in [-0.15, -0.1) is 0 Å². The Morgan fingerprint density at radius 3 is 1.51 bits per heavy atom. The third-order valence-corrected chi connectivity index (χ3v) is 20.6. The van der Waals surface area contributed by atoms with Gasteiger partial charge in [-0.2, -0.15) is 0 Å².